The van der Waals surface area contributed by atoms with E-state index in [1.807, 2.05) is 25.1 Å². The van der Waals surface area contributed by atoms with Gasteiger partial charge in [0.2, 0.25) is 5.82 Å². The maximum Gasteiger partial charge on any atom is 0.258 e. The van der Waals surface area contributed by atoms with E-state index in [1.54, 1.807) is 24.3 Å². The Morgan fingerprint density at radius 2 is 1.85 bits per heavy atom. The van der Waals surface area contributed by atoms with Crippen molar-refractivity contribution < 1.29 is 9.63 Å². The van der Waals surface area contributed by atoms with Gasteiger partial charge in [-0.2, -0.15) is 4.98 Å². The van der Waals surface area contributed by atoms with Gasteiger partial charge in [-0.05, 0) is 55.0 Å². The molecule has 5 heteroatoms. The summed E-state index contributed by atoms with van der Waals surface area (Å²) in [5.41, 5.74) is 2.77. The molecule has 0 atom stereocenters. The van der Waals surface area contributed by atoms with E-state index in [-0.39, 0.29) is 5.75 Å². The Morgan fingerprint density at radius 3 is 2.55 bits per heavy atom. The number of nitrogens with zero attached hydrogens (tertiary/aromatic N) is 2. The van der Waals surface area contributed by atoms with Crippen molar-refractivity contribution in [3.8, 4) is 28.6 Å². The molecule has 0 saturated heterocycles. The molecule has 3 rings (SSSR count). The normalized spacial score (nSPS) is 10.7. The van der Waals surface area contributed by atoms with Crippen molar-refractivity contribution in [1.29, 1.82) is 0 Å². The minimum atomic E-state index is 0.206. The van der Waals surface area contributed by atoms with Gasteiger partial charge in [-0.1, -0.05) is 21.1 Å². The molecule has 0 amide bonds. The van der Waals surface area contributed by atoms with Gasteiger partial charge in [-0.15, -0.1) is 0 Å². The lowest BCUT2D eigenvalue weighted by Gasteiger charge is -2.00. The summed E-state index contributed by atoms with van der Waals surface area (Å²) in [4.78, 5) is 4.40. The van der Waals surface area contributed by atoms with Crippen LogP contribution in [0.5, 0.6) is 5.75 Å². The molecular weight excluding hydrogens is 320 g/mol. The molecule has 0 bridgehead atoms. The van der Waals surface area contributed by atoms with E-state index in [2.05, 4.69) is 26.1 Å². The number of hydrogen-bond donors (Lipinski definition) is 1. The fourth-order valence-corrected chi connectivity index (χ4v) is 2.41. The summed E-state index contributed by atoms with van der Waals surface area (Å²) in [6.45, 7) is 2.00. The van der Waals surface area contributed by atoms with Crippen molar-refractivity contribution in [2.75, 3.05) is 0 Å². The number of aromatic nitrogens is 2. The average molecular weight is 331 g/mol. The predicted molar refractivity (Wildman–Crippen MR) is 79.3 cm³/mol. The highest BCUT2D eigenvalue weighted by Gasteiger charge is 2.12. The summed E-state index contributed by atoms with van der Waals surface area (Å²) in [5, 5.41) is 13.3. The van der Waals surface area contributed by atoms with Crippen LogP contribution < -0.4 is 0 Å². The highest BCUT2D eigenvalue weighted by molar-refractivity contribution is 9.10. The number of aryl methyl sites for hydroxylation is 1. The lowest BCUT2D eigenvalue weighted by molar-refractivity contribution is 0.432. The summed E-state index contributed by atoms with van der Waals surface area (Å²) >= 11 is 3.43. The van der Waals surface area contributed by atoms with Gasteiger partial charge in [-0.3, -0.25) is 0 Å². The Hall–Kier alpha value is -2.14. The van der Waals surface area contributed by atoms with Gasteiger partial charge < -0.3 is 9.63 Å². The first kappa shape index (κ1) is 12.9. The maximum absolute atomic E-state index is 9.28. The fourth-order valence-electron chi connectivity index (χ4n) is 1.93. The molecule has 3 aromatic rings. The highest BCUT2D eigenvalue weighted by Crippen LogP contribution is 2.27. The molecule has 0 spiro atoms. The quantitative estimate of drug-likeness (QED) is 0.765. The van der Waals surface area contributed by atoms with Crippen molar-refractivity contribution in [1.82, 2.24) is 10.1 Å². The molecule has 1 N–H and O–H groups in total. The van der Waals surface area contributed by atoms with Gasteiger partial charge in [-0.25, -0.2) is 0 Å². The molecule has 2 aromatic carbocycles. The van der Waals surface area contributed by atoms with Crippen molar-refractivity contribution in [2.24, 2.45) is 0 Å². The molecule has 20 heavy (non-hydrogen) atoms. The van der Waals surface area contributed by atoms with E-state index in [0.717, 1.165) is 21.2 Å². The Morgan fingerprint density at radius 1 is 1.10 bits per heavy atom. The Kier molecular flexibility index (Phi) is 3.28. The molecule has 0 unspecified atom stereocenters. The molecule has 0 aliphatic heterocycles. The number of halogens is 1. The van der Waals surface area contributed by atoms with E-state index in [9.17, 15) is 5.11 Å². The van der Waals surface area contributed by atoms with Crippen LogP contribution in [0.2, 0.25) is 0 Å². The summed E-state index contributed by atoms with van der Waals surface area (Å²) in [6.07, 6.45) is 0. The summed E-state index contributed by atoms with van der Waals surface area (Å²) < 4.78 is 6.29. The number of aromatic hydroxyl groups is 1. The third-order valence-corrected chi connectivity index (χ3v) is 3.46. The second-order valence-corrected chi connectivity index (χ2v) is 5.34. The lowest BCUT2D eigenvalue weighted by Crippen LogP contribution is -1.85. The van der Waals surface area contributed by atoms with Crippen molar-refractivity contribution in [3.63, 3.8) is 0 Å². The molecule has 0 fully saturated rings. The zero-order valence-electron chi connectivity index (χ0n) is 10.7. The molecule has 100 valence electrons. The second-order valence-electron chi connectivity index (χ2n) is 4.43. The van der Waals surface area contributed by atoms with Gasteiger partial charge in [0.15, 0.2) is 0 Å². The van der Waals surface area contributed by atoms with Crippen LogP contribution >= 0.6 is 15.9 Å². The Labute approximate surface area is 124 Å². The molecule has 0 radical (unpaired) electrons. The van der Waals surface area contributed by atoms with Gasteiger partial charge in [0.25, 0.3) is 5.89 Å². The molecule has 4 nitrogen and oxygen atoms in total. The zero-order valence-corrected chi connectivity index (χ0v) is 12.3. The molecule has 0 aliphatic carbocycles. The van der Waals surface area contributed by atoms with E-state index in [1.165, 1.54) is 0 Å². The van der Waals surface area contributed by atoms with E-state index in [4.69, 9.17) is 4.52 Å². The molecule has 1 heterocycles. The van der Waals surface area contributed by atoms with E-state index in [0.29, 0.717) is 11.7 Å². The second kappa shape index (κ2) is 5.09. The molecular formula is C15H11BrN2O2. The number of hydrogen-bond acceptors (Lipinski definition) is 4. The van der Waals surface area contributed by atoms with Crippen molar-refractivity contribution >= 4 is 15.9 Å². The fraction of sp³-hybridized carbons (Fsp3) is 0.0667. The number of rotatable bonds is 2. The van der Waals surface area contributed by atoms with Crippen LogP contribution in [0.15, 0.2) is 51.5 Å². The van der Waals surface area contributed by atoms with Crippen LogP contribution in [-0.4, -0.2) is 15.2 Å². The van der Waals surface area contributed by atoms with E-state index < -0.39 is 0 Å². The lowest BCUT2D eigenvalue weighted by atomic mass is 10.1. The van der Waals surface area contributed by atoms with E-state index >= 15 is 0 Å². The Balaban J connectivity index is 1.99. The molecule has 0 saturated carbocycles. The van der Waals surface area contributed by atoms with Gasteiger partial charge in [0.1, 0.15) is 5.75 Å². The van der Waals surface area contributed by atoms with Crippen LogP contribution in [0.1, 0.15) is 5.56 Å². The monoisotopic (exact) mass is 330 g/mol. The summed E-state index contributed by atoms with van der Waals surface area (Å²) in [7, 11) is 0. The minimum Gasteiger partial charge on any atom is -0.508 e. The first-order valence-corrected chi connectivity index (χ1v) is 6.82. The third kappa shape index (κ3) is 2.44. The minimum absolute atomic E-state index is 0.206. The average Bonchev–Trinajstić information content (AvgIpc) is 2.89. The van der Waals surface area contributed by atoms with Crippen LogP contribution in [0, 0.1) is 6.92 Å². The molecule has 1 aromatic heterocycles. The number of benzene rings is 2. The van der Waals surface area contributed by atoms with Crippen LogP contribution in [0.25, 0.3) is 22.8 Å². The Bertz CT molecular complexity index is 751. The predicted octanol–water partition coefficient (Wildman–Crippen LogP) is 4.18. The largest absolute Gasteiger partial charge is 0.508 e. The SMILES string of the molecule is Cc1cc(Br)ccc1-c1noc(-c2ccc(O)cc2)n1. The highest BCUT2D eigenvalue weighted by atomic mass is 79.9. The maximum atomic E-state index is 9.28. The zero-order chi connectivity index (χ0) is 14.1. The standard InChI is InChI=1S/C15H11BrN2O2/c1-9-8-11(16)4-7-13(9)14-17-15(20-18-14)10-2-5-12(19)6-3-10/h2-8,19H,1H3. The summed E-state index contributed by atoms with van der Waals surface area (Å²) in [6, 6.07) is 12.5. The molecule has 0 aliphatic rings. The number of phenolic OH excluding ortho intramolecular Hbond substituents is 1. The topological polar surface area (TPSA) is 59.2 Å². The van der Waals surface area contributed by atoms with Crippen LogP contribution in [0.4, 0.5) is 0 Å². The van der Waals surface area contributed by atoms with Crippen molar-refractivity contribution in [2.45, 2.75) is 6.92 Å². The third-order valence-electron chi connectivity index (χ3n) is 2.97. The van der Waals surface area contributed by atoms with Gasteiger partial charge in [0, 0.05) is 15.6 Å². The first-order valence-electron chi connectivity index (χ1n) is 6.03. The van der Waals surface area contributed by atoms with Crippen LogP contribution in [-0.2, 0) is 0 Å². The van der Waals surface area contributed by atoms with Crippen molar-refractivity contribution in [3.05, 3.63) is 52.5 Å². The van der Waals surface area contributed by atoms with Gasteiger partial charge in [0.05, 0.1) is 0 Å². The number of phenols is 1. The van der Waals surface area contributed by atoms with Crippen LogP contribution in [0.3, 0.4) is 0 Å². The van der Waals surface area contributed by atoms with Gasteiger partial charge >= 0.3 is 0 Å². The summed E-state index contributed by atoms with van der Waals surface area (Å²) in [5.74, 6) is 1.19. The smallest absolute Gasteiger partial charge is 0.258 e. The first-order chi connectivity index (χ1) is 9.63.